The molecule has 180 valence electrons. The molecule has 3 aromatic rings. The maximum atomic E-state index is 12.8. The van der Waals surface area contributed by atoms with Crippen molar-refractivity contribution in [3.8, 4) is 17.2 Å². The zero-order valence-electron chi connectivity index (χ0n) is 20.3. The third kappa shape index (κ3) is 5.43. The average Bonchev–Trinajstić information content (AvgIpc) is 3.14. The minimum atomic E-state index is -0.365. The predicted octanol–water partition coefficient (Wildman–Crippen LogP) is 3.54. The lowest BCUT2D eigenvalue weighted by molar-refractivity contribution is -0.139. The minimum absolute atomic E-state index is 0.121. The van der Waals surface area contributed by atoms with Gasteiger partial charge >= 0.3 is 12.1 Å². The van der Waals surface area contributed by atoms with Gasteiger partial charge in [0, 0.05) is 5.56 Å². The maximum Gasteiger partial charge on any atom is 0.411 e. The van der Waals surface area contributed by atoms with Crippen LogP contribution >= 0.6 is 0 Å². The molecule has 35 heavy (non-hydrogen) atoms. The summed E-state index contributed by atoms with van der Waals surface area (Å²) in [5.41, 5.74) is 3.54. The number of benzene rings is 3. The fraction of sp³-hybridized carbons (Fsp3) is 0.259. The van der Waals surface area contributed by atoms with Gasteiger partial charge in [-0.3, -0.25) is 9.69 Å². The molecule has 0 unspecified atom stereocenters. The van der Waals surface area contributed by atoms with E-state index in [1.165, 1.54) is 7.11 Å². The third-order valence-corrected chi connectivity index (χ3v) is 6.11. The largest absolute Gasteiger partial charge is 0.493 e. The number of hydrogen-bond donors (Lipinski definition) is 0. The summed E-state index contributed by atoms with van der Waals surface area (Å²) >= 11 is 0. The molecule has 1 aliphatic heterocycles. The first-order valence-corrected chi connectivity index (χ1v) is 11.4. The predicted molar refractivity (Wildman–Crippen MR) is 134 cm³/mol. The normalized spacial score (nSPS) is 17.1. The van der Waals surface area contributed by atoms with Crippen LogP contribution in [0.25, 0.3) is 0 Å². The molecule has 0 aliphatic carbocycles. The van der Waals surface area contributed by atoms with Gasteiger partial charge in [-0.2, -0.15) is 0 Å². The van der Waals surface area contributed by atoms with Crippen LogP contribution in [0.4, 0.5) is 4.79 Å². The number of carbonyl (C=O) groups is 2. The number of rotatable bonds is 8. The molecule has 4 rings (SSSR count). The van der Waals surface area contributed by atoms with Gasteiger partial charge in [0.05, 0.1) is 33.2 Å². The molecule has 3 aromatic carbocycles. The van der Waals surface area contributed by atoms with Crippen LogP contribution in [-0.4, -0.2) is 45.1 Å². The van der Waals surface area contributed by atoms with Gasteiger partial charge in [-0.25, -0.2) is 4.79 Å². The topological polar surface area (TPSA) is 74.3 Å². The molecular formula is C27H28BNO6. The quantitative estimate of drug-likeness (QED) is 0.368. The van der Waals surface area contributed by atoms with Gasteiger partial charge in [0.25, 0.3) is 0 Å². The molecule has 0 bridgehead atoms. The SMILES string of the molecule is Bc1ccc(CN2C(=O)O[C@@H](c3ccccc3)[C@H]2C)c(Oc2cc(CC(=O)OC)ccc2OC)c1. The van der Waals surface area contributed by atoms with Crippen molar-refractivity contribution in [2.24, 2.45) is 0 Å². The Morgan fingerprint density at radius 3 is 2.49 bits per heavy atom. The molecular weight excluding hydrogens is 445 g/mol. The van der Waals surface area contributed by atoms with E-state index in [1.54, 1.807) is 30.2 Å². The van der Waals surface area contributed by atoms with Crippen molar-refractivity contribution in [1.29, 1.82) is 0 Å². The highest BCUT2D eigenvalue weighted by Gasteiger charge is 2.39. The number of cyclic esters (lactones) is 1. The van der Waals surface area contributed by atoms with E-state index in [1.807, 2.05) is 63.3 Å². The first kappa shape index (κ1) is 24.2. The van der Waals surface area contributed by atoms with E-state index in [0.717, 1.165) is 22.2 Å². The van der Waals surface area contributed by atoms with Crippen LogP contribution in [0.5, 0.6) is 17.2 Å². The molecule has 8 heteroatoms. The van der Waals surface area contributed by atoms with E-state index in [2.05, 4.69) is 0 Å². The summed E-state index contributed by atoms with van der Waals surface area (Å²) in [6, 6.07) is 20.8. The molecule has 1 heterocycles. The van der Waals surface area contributed by atoms with Gasteiger partial charge in [-0.05, 0) is 36.2 Å². The zero-order valence-corrected chi connectivity index (χ0v) is 20.3. The van der Waals surface area contributed by atoms with E-state index < -0.39 is 0 Å². The highest BCUT2D eigenvalue weighted by molar-refractivity contribution is 6.32. The molecule has 0 aromatic heterocycles. The van der Waals surface area contributed by atoms with Gasteiger partial charge in [0.15, 0.2) is 11.5 Å². The molecule has 1 fully saturated rings. The second-order valence-electron chi connectivity index (χ2n) is 8.53. The fourth-order valence-corrected chi connectivity index (χ4v) is 4.14. The number of methoxy groups -OCH3 is 2. The summed E-state index contributed by atoms with van der Waals surface area (Å²) in [7, 11) is 4.89. The number of ether oxygens (including phenoxy) is 4. The molecule has 2 atom stereocenters. The Balaban J connectivity index is 1.60. The molecule has 1 saturated heterocycles. The Kier molecular flexibility index (Phi) is 7.29. The van der Waals surface area contributed by atoms with E-state index in [4.69, 9.17) is 18.9 Å². The van der Waals surface area contributed by atoms with Crippen molar-refractivity contribution >= 4 is 25.4 Å². The number of hydrogen-bond acceptors (Lipinski definition) is 6. The van der Waals surface area contributed by atoms with Crippen LogP contribution in [-0.2, 0) is 27.2 Å². The summed E-state index contributed by atoms with van der Waals surface area (Å²) in [5, 5.41) is 0. The number of carbonyl (C=O) groups excluding carboxylic acids is 2. The Bertz CT molecular complexity index is 1220. The van der Waals surface area contributed by atoms with Gasteiger partial charge in [0.1, 0.15) is 19.7 Å². The first-order chi connectivity index (χ1) is 16.9. The molecule has 0 saturated carbocycles. The second-order valence-corrected chi connectivity index (χ2v) is 8.53. The van der Waals surface area contributed by atoms with Gasteiger partial charge in [-0.15, -0.1) is 0 Å². The van der Waals surface area contributed by atoms with Crippen molar-refractivity contribution in [2.45, 2.75) is 32.0 Å². The Labute approximate surface area is 206 Å². The molecule has 0 N–H and O–H groups in total. The van der Waals surface area contributed by atoms with E-state index in [-0.39, 0.29) is 30.6 Å². The average molecular weight is 473 g/mol. The minimum Gasteiger partial charge on any atom is -0.493 e. The zero-order chi connectivity index (χ0) is 24.9. The Morgan fingerprint density at radius 1 is 1.00 bits per heavy atom. The van der Waals surface area contributed by atoms with E-state index in [0.29, 0.717) is 23.8 Å². The Morgan fingerprint density at radius 2 is 1.77 bits per heavy atom. The van der Waals surface area contributed by atoms with E-state index in [9.17, 15) is 9.59 Å². The molecule has 7 nitrogen and oxygen atoms in total. The van der Waals surface area contributed by atoms with Crippen molar-refractivity contribution in [1.82, 2.24) is 4.90 Å². The van der Waals surface area contributed by atoms with Gasteiger partial charge in [-0.1, -0.05) is 54.0 Å². The standard InChI is InChI=1S/C27H28BNO6/c1-17-26(19-7-5-4-6-8-19)35-27(31)29(17)16-20-10-11-21(28)15-23(20)34-24-13-18(14-25(30)33-3)9-12-22(24)32-2/h4-13,15,17,26H,14,16,28H2,1-3H3/t17-,26-/m1/s1. The molecule has 1 amide bonds. The van der Waals surface area contributed by atoms with Crippen molar-refractivity contribution in [3.63, 3.8) is 0 Å². The highest BCUT2D eigenvalue weighted by atomic mass is 16.6. The summed E-state index contributed by atoms with van der Waals surface area (Å²) in [4.78, 5) is 26.2. The highest BCUT2D eigenvalue weighted by Crippen LogP contribution is 2.37. The van der Waals surface area contributed by atoms with Crippen LogP contribution in [0.2, 0.25) is 0 Å². The second kappa shape index (κ2) is 10.6. The van der Waals surface area contributed by atoms with Gasteiger partial charge in [0.2, 0.25) is 0 Å². The fourth-order valence-electron chi connectivity index (χ4n) is 4.14. The van der Waals surface area contributed by atoms with Crippen LogP contribution in [0.3, 0.4) is 0 Å². The lowest BCUT2D eigenvalue weighted by Crippen LogP contribution is -2.31. The van der Waals surface area contributed by atoms with E-state index >= 15 is 0 Å². The van der Waals surface area contributed by atoms with Crippen molar-refractivity contribution in [2.75, 3.05) is 14.2 Å². The van der Waals surface area contributed by atoms with Crippen LogP contribution in [0.15, 0.2) is 66.7 Å². The Hall–Kier alpha value is -3.94. The summed E-state index contributed by atoms with van der Waals surface area (Å²) in [6.45, 7) is 2.31. The summed E-state index contributed by atoms with van der Waals surface area (Å²) < 4.78 is 22.3. The number of nitrogens with zero attached hydrogens (tertiary/aromatic N) is 1. The number of esters is 1. The lowest BCUT2D eigenvalue weighted by atomic mass is 9.94. The lowest BCUT2D eigenvalue weighted by Gasteiger charge is -2.23. The molecule has 0 spiro atoms. The smallest absolute Gasteiger partial charge is 0.411 e. The maximum absolute atomic E-state index is 12.8. The van der Waals surface area contributed by atoms with Crippen LogP contribution in [0, 0.1) is 0 Å². The third-order valence-electron chi connectivity index (χ3n) is 6.11. The first-order valence-electron chi connectivity index (χ1n) is 11.4. The van der Waals surface area contributed by atoms with Crippen LogP contribution < -0.4 is 14.9 Å². The molecule has 0 radical (unpaired) electrons. The molecule has 1 aliphatic rings. The summed E-state index contributed by atoms with van der Waals surface area (Å²) in [5.74, 6) is 1.26. The number of amides is 1. The monoisotopic (exact) mass is 473 g/mol. The van der Waals surface area contributed by atoms with Gasteiger partial charge < -0.3 is 18.9 Å². The van der Waals surface area contributed by atoms with Crippen LogP contribution in [0.1, 0.15) is 29.7 Å². The summed E-state index contributed by atoms with van der Waals surface area (Å²) in [6.07, 6.45) is -0.584. The van der Waals surface area contributed by atoms with Crippen molar-refractivity contribution in [3.05, 3.63) is 83.4 Å². The van der Waals surface area contributed by atoms with Crippen molar-refractivity contribution < 1.29 is 28.5 Å².